The molecule has 1 aliphatic carbocycles. The third-order valence-corrected chi connectivity index (χ3v) is 4.32. The quantitative estimate of drug-likeness (QED) is 0.879. The number of fused-ring (bicyclic) bond motifs is 1. The van der Waals surface area contributed by atoms with Crippen molar-refractivity contribution in [3.05, 3.63) is 29.3 Å². The van der Waals surface area contributed by atoms with Crippen molar-refractivity contribution in [2.24, 2.45) is 0 Å². The van der Waals surface area contributed by atoms with Gasteiger partial charge in [0.1, 0.15) is 5.75 Å². The lowest BCUT2D eigenvalue weighted by Gasteiger charge is -2.23. The second-order valence-corrected chi connectivity index (χ2v) is 5.53. The van der Waals surface area contributed by atoms with Gasteiger partial charge in [-0.25, -0.2) is 0 Å². The second kappa shape index (κ2) is 5.31. The molecule has 1 aliphatic heterocycles. The highest BCUT2D eigenvalue weighted by atomic mass is 16.5. The van der Waals surface area contributed by atoms with E-state index in [-0.39, 0.29) is 0 Å². The van der Waals surface area contributed by atoms with Crippen molar-refractivity contribution in [3.8, 4) is 5.75 Å². The molecule has 1 aromatic rings. The number of hydrogen-bond donors (Lipinski definition) is 1. The van der Waals surface area contributed by atoms with E-state index in [4.69, 9.17) is 4.74 Å². The zero-order chi connectivity index (χ0) is 12.4. The average molecular weight is 245 g/mol. The number of nitrogens with one attached hydrogen (secondary N) is 1. The average Bonchev–Trinajstić information content (AvgIpc) is 3.04. The number of para-hydroxylation sites is 1. The summed E-state index contributed by atoms with van der Waals surface area (Å²) in [6.07, 6.45) is 6.26. The summed E-state index contributed by atoms with van der Waals surface area (Å²) in [6, 6.07) is 7.36. The molecule has 1 saturated carbocycles. The molecule has 2 atom stereocenters. The molecule has 2 nitrogen and oxygen atoms in total. The van der Waals surface area contributed by atoms with E-state index in [0.29, 0.717) is 12.0 Å². The molecule has 2 heteroatoms. The maximum atomic E-state index is 5.87. The standard InChI is InChI=1S/C16H23NO/c1-2-10-17-15-8-4-6-13(15)14-7-3-5-12-9-11-18-16(12)14/h3,5,7,13,15,17H,2,4,6,8-11H2,1H3. The molecule has 0 saturated heterocycles. The van der Waals surface area contributed by atoms with Gasteiger partial charge < -0.3 is 10.1 Å². The van der Waals surface area contributed by atoms with Gasteiger partial charge in [-0.2, -0.15) is 0 Å². The normalized spacial score (nSPS) is 26.1. The van der Waals surface area contributed by atoms with E-state index in [1.54, 1.807) is 0 Å². The van der Waals surface area contributed by atoms with Crippen LogP contribution in [0.25, 0.3) is 0 Å². The maximum absolute atomic E-state index is 5.87. The highest BCUT2D eigenvalue weighted by Crippen LogP contribution is 2.42. The van der Waals surface area contributed by atoms with Crippen LogP contribution in [0.15, 0.2) is 18.2 Å². The van der Waals surface area contributed by atoms with Gasteiger partial charge in [-0.3, -0.25) is 0 Å². The minimum absolute atomic E-state index is 0.653. The molecule has 0 bridgehead atoms. The van der Waals surface area contributed by atoms with Crippen LogP contribution < -0.4 is 10.1 Å². The maximum Gasteiger partial charge on any atom is 0.126 e. The van der Waals surface area contributed by atoms with Crippen molar-refractivity contribution in [2.45, 2.75) is 51.0 Å². The Morgan fingerprint density at radius 1 is 1.33 bits per heavy atom. The van der Waals surface area contributed by atoms with Gasteiger partial charge >= 0.3 is 0 Å². The Kier molecular flexibility index (Phi) is 3.55. The minimum Gasteiger partial charge on any atom is -0.493 e. The number of hydrogen-bond acceptors (Lipinski definition) is 2. The minimum atomic E-state index is 0.653. The van der Waals surface area contributed by atoms with E-state index < -0.39 is 0 Å². The van der Waals surface area contributed by atoms with Crippen LogP contribution in [-0.2, 0) is 6.42 Å². The lowest BCUT2D eigenvalue weighted by atomic mass is 9.91. The van der Waals surface area contributed by atoms with Crippen LogP contribution in [0, 0.1) is 0 Å². The molecule has 3 rings (SSSR count). The summed E-state index contributed by atoms with van der Waals surface area (Å²) in [7, 11) is 0. The zero-order valence-electron chi connectivity index (χ0n) is 11.2. The van der Waals surface area contributed by atoms with E-state index in [9.17, 15) is 0 Å². The fourth-order valence-electron chi connectivity index (χ4n) is 3.44. The van der Waals surface area contributed by atoms with Gasteiger partial charge in [0.15, 0.2) is 0 Å². The van der Waals surface area contributed by atoms with Gasteiger partial charge in [-0.1, -0.05) is 31.5 Å². The molecule has 98 valence electrons. The first-order valence-electron chi connectivity index (χ1n) is 7.38. The molecule has 1 aromatic carbocycles. The number of benzene rings is 1. The molecule has 1 heterocycles. The molecule has 0 spiro atoms. The van der Waals surface area contributed by atoms with Crippen molar-refractivity contribution >= 4 is 0 Å². The fourth-order valence-corrected chi connectivity index (χ4v) is 3.44. The van der Waals surface area contributed by atoms with Crippen molar-refractivity contribution in [1.29, 1.82) is 0 Å². The van der Waals surface area contributed by atoms with Crippen LogP contribution in [-0.4, -0.2) is 19.2 Å². The Hall–Kier alpha value is -1.02. The molecular weight excluding hydrogens is 222 g/mol. The van der Waals surface area contributed by atoms with Crippen LogP contribution in [0.3, 0.4) is 0 Å². The van der Waals surface area contributed by atoms with Gasteiger partial charge in [0.2, 0.25) is 0 Å². The first-order valence-corrected chi connectivity index (χ1v) is 7.38. The Morgan fingerprint density at radius 2 is 2.28 bits per heavy atom. The van der Waals surface area contributed by atoms with Crippen LogP contribution in [0.4, 0.5) is 0 Å². The van der Waals surface area contributed by atoms with Gasteiger partial charge in [0, 0.05) is 18.4 Å². The topological polar surface area (TPSA) is 21.3 Å². The van der Waals surface area contributed by atoms with Crippen molar-refractivity contribution in [2.75, 3.05) is 13.2 Å². The summed E-state index contributed by atoms with van der Waals surface area (Å²) >= 11 is 0. The first-order chi connectivity index (χ1) is 8.90. The van der Waals surface area contributed by atoms with Gasteiger partial charge in [0.25, 0.3) is 0 Å². The van der Waals surface area contributed by atoms with E-state index in [1.165, 1.54) is 42.6 Å². The number of rotatable bonds is 4. The molecule has 0 aromatic heterocycles. The van der Waals surface area contributed by atoms with E-state index in [2.05, 4.69) is 30.4 Å². The van der Waals surface area contributed by atoms with Crippen molar-refractivity contribution in [1.82, 2.24) is 5.32 Å². The molecule has 1 N–H and O–H groups in total. The van der Waals surface area contributed by atoms with Crippen LogP contribution in [0.1, 0.15) is 49.7 Å². The lowest BCUT2D eigenvalue weighted by molar-refractivity contribution is 0.348. The second-order valence-electron chi connectivity index (χ2n) is 5.53. The summed E-state index contributed by atoms with van der Waals surface area (Å²) in [5, 5.41) is 3.72. The zero-order valence-corrected chi connectivity index (χ0v) is 11.2. The Morgan fingerprint density at radius 3 is 3.17 bits per heavy atom. The van der Waals surface area contributed by atoms with E-state index in [1.807, 2.05) is 0 Å². The molecule has 2 unspecified atom stereocenters. The summed E-state index contributed by atoms with van der Waals surface area (Å²) < 4.78 is 5.87. The SMILES string of the molecule is CCCNC1CCCC1c1cccc2c1OCC2. The highest BCUT2D eigenvalue weighted by Gasteiger charge is 2.31. The molecule has 1 fully saturated rings. The van der Waals surface area contributed by atoms with Crippen LogP contribution in [0.5, 0.6) is 5.75 Å². The summed E-state index contributed by atoms with van der Waals surface area (Å²) in [4.78, 5) is 0. The smallest absolute Gasteiger partial charge is 0.126 e. The summed E-state index contributed by atoms with van der Waals surface area (Å²) in [6.45, 7) is 4.24. The van der Waals surface area contributed by atoms with Crippen molar-refractivity contribution < 1.29 is 4.74 Å². The first kappa shape index (κ1) is 12.0. The molecule has 0 amide bonds. The van der Waals surface area contributed by atoms with Crippen molar-refractivity contribution in [3.63, 3.8) is 0 Å². The van der Waals surface area contributed by atoms with E-state index in [0.717, 1.165) is 19.6 Å². The lowest BCUT2D eigenvalue weighted by Crippen LogP contribution is -2.31. The van der Waals surface area contributed by atoms with Gasteiger partial charge in [0.05, 0.1) is 6.61 Å². The predicted molar refractivity (Wildman–Crippen MR) is 74.3 cm³/mol. The molecule has 18 heavy (non-hydrogen) atoms. The summed E-state index contributed by atoms with van der Waals surface area (Å²) in [5.74, 6) is 1.86. The Bertz CT molecular complexity index is 416. The van der Waals surface area contributed by atoms with Gasteiger partial charge in [-0.15, -0.1) is 0 Å². The Balaban J connectivity index is 1.83. The van der Waals surface area contributed by atoms with Gasteiger partial charge in [-0.05, 0) is 36.9 Å². The predicted octanol–water partition coefficient (Wildman–Crippen LogP) is 3.26. The Labute approximate surface area is 110 Å². The number of ether oxygens (including phenoxy) is 1. The molecular formula is C16H23NO. The van der Waals surface area contributed by atoms with Crippen LogP contribution >= 0.6 is 0 Å². The third-order valence-electron chi connectivity index (χ3n) is 4.32. The third kappa shape index (κ3) is 2.14. The monoisotopic (exact) mass is 245 g/mol. The van der Waals surface area contributed by atoms with E-state index >= 15 is 0 Å². The molecule has 2 aliphatic rings. The fraction of sp³-hybridized carbons (Fsp3) is 0.625. The van der Waals surface area contributed by atoms with Crippen LogP contribution in [0.2, 0.25) is 0 Å². The molecule has 0 radical (unpaired) electrons. The summed E-state index contributed by atoms with van der Waals surface area (Å²) in [5.41, 5.74) is 2.87. The largest absolute Gasteiger partial charge is 0.493 e. The highest BCUT2D eigenvalue weighted by molar-refractivity contribution is 5.46.